The lowest BCUT2D eigenvalue weighted by Crippen LogP contribution is -2.68. The molecule has 4 saturated heterocycles. The van der Waals surface area contributed by atoms with E-state index in [9.17, 15) is 71.2 Å². The number of allylic oxidation sites excluding steroid dienone is 1. The van der Waals surface area contributed by atoms with Crippen molar-refractivity contribution in [2.45, 2.75) is 323 Å². The molecule has 0 spiro atoms. The third-order valence-electron chi connectivity index (χ3n) is 16.2. The fourth-order valence-electron chi connectivity index (χ4n) is 10.9. The minimum absolute atomic E-state index is 0.209. The van der Waals surface area contributed by atoms with Gasteiger partial charge in [0, 0.05) is 6.42 Å². The Labute approximate surface area is 480 Å². The van der Waals surface area contributed by atoms with E-state index < -0.39 is 161 Å². The highest BCUT2D eigenvalue weighted by Gasteiger charge is 2.56. The van der Waals surface area contributed by atoms with Crippen LogP contribution in [0.3, 0.4) is 0 Å². The fourth-order valence-corrected chi connectivity index (χ4v) is 10.9. The Morgan fingerprint density at radius 2 is 0.877 bits per heavy atom. The number of carbonyl (C=O) groups is 1. The number of unbranched alkanes of at least 4 members (excludes halogenated alkanes) is 23. The summed E-state index contributed by atoms with van der Waals surface area (Å²) in [6.45, 7) is 2.71. The standard InChI is InChI=1S/C58H107NO22/c1-4-6-8-10-12-14-16-18-20-22-24-26-28-30-38(63)37(59-42(64)31-29-27-25-23-21-19-17-15-13-11-9-7-5-2)35-74-55-51(73)48(70)52(41(34-62)78-55)79-58-54(81-56-49(71)46(68)43(65)36(3)75-56)53(45(67)40(33-61)77-58)80-57-50(72)47(69)44(66)39(32-60)76-57/h28,30,36-41,43-58,60-63,65-73H,4-27,29,31-35H2,1-3H3,(H,59,64)/b30-28+/t36?,37-,38+,39?,40?,41?,43+,44-,45-,46?,47-,48+,49-,50?,51?,52+,53-,54?,55+,56+,57+,58-/m0/s1. The van der Waals surface area contributed by atoms with E-state index in [1.54, 1.807) is 6.08 Å². The first-order valence-electron chi connectivity index (χ1n) is 30.8. The molecule has 0 aromatic rings. The third kappa shape index (κ3) is 23.5. The lowest BCUT2D eigenvalue weighted by molar-refractivity contribution is -0.405. The van der Waals surface area contributed by atoms with E-state index >= 15 is 0 Å². The Balaban J connectivity index is 1.44. The molecule has 81 heavy (non-hydrogen) atoms. The van der Waals surface area contributed by atoms with Crippen molar-refractivity contribution in [2.24, 2.45) is 0 Å². The molecule has 476 valence electrons. The summed E-state index contributed by atoms with van der Waals surface area (Å²) in [5, 5.41) is 144. The van der Waals surface area contributed by atoms with Crippen LogP contribution in [0.15, 0.2) is 12.2 Å². The summed E-state index contributed by atoms with van der Waals surface area (Å²) in [5.74, 6) is -0.313. The first-order chi connectivity index (χ1) is 39.0. The van der Waals surface area contributed by atoms with Gasteiger partial charge in [-0.25, -0.2) is 0 Å². The number of amides is 1. The molecule has 0 saturated carbocycles. The highest BCUT2D eigenvalue weighted by molar-refractivity contribution is 5.76. The van der Waals surface area contributed by atoms with Crippen molar-refractivity contribution < 1.29 is 109 Å². The molecule has 4 heterocycles. The monoisotopic (exact) mass is 1170 g/mol. The van der Waals surface area contributed by atoms with Crippen molar-refractivity contribution in [3.63, 3.8) is 0 Å². The molecule has 4 aliphatic heterocycles. The molecule has 23 heteroatoms. The van der Waals surface area contributed by atoms with Crippen LogP contribution < -0.4 is 5.32 Å². The Morgan fingerprint density at radius 1 is 0.457 bits per heavy atom. The molecule has 1 amide bonds. The zero-order valence-electron chi connectivity index (χ0n) is 48.6. The SMILES string of the molecule is CCCCCCCCCCCCC/C=C/[C@@H](O)[C@H](CO[C@@H]1OC(CO)[C@@H](O[C@@H]2OC(CO)[C@H](O)[C@H](O[C@H]3OC(CO)[C@H](O)[C@H](O)C3O)C2O[C@H]2OC(C)[C@@H](O)C(O)[C@@H]2O)[C@H](O)C1O)NC(=O)CCCCCCCCCCCCCCC. The third-order valence-corrected chi connectivity index (χ3v) is 16.2. The van der Waals surface area contributed by atoms with Crippen LogP contribution in [0.1, 0.15) is 188 Å². The largest absolute Gasteiger partial charge is 0.394 e. The van der Waals surface area contributed by atoms with Crippen molar-refractivity contribution in [1.29, 1.82) is 0 Å². The Morgan fingerprint density at radius 3 is 1.41 bits per heavy atom. The zero-order valence-corrected chi connectivity index (χ0v) is 48.6. The lowest BCUT2D eigenvalue weighted by atomic mass is 9.95. The molecule has 4 fully saturated rings. The maximum atomic E-state index is 13.4. The minimum atomic E-state index is -2.02. The quantitative estimate of drug-likeness (QED) is 0.0307. The Hall–Kier alpha value is -1.63. The number of ether oxygens (including phenoxy) is 8. The van der Waals surface area contributed by atoms with Gasteiger partial charge in [0.25, 0.3) is 0 Å². The average Bonchev–Trinajstić information content (AvgIpc) is 3.46. The van der Waals surface area contributed by atoms with Crippen LogP contribution in [0.4, 0.5) is 0 Å². The van der Waals surface area contributed by atoms with Crippen LogP contribution in [0.2, 0.25) is 0 Å². The molecule has 23 nitrogen and oxygen atoms in total. The van der Waals surface area contributed by atoms with Gasteiger partial charge in [-0.05, 0) is 26.2 Å². The van der Waals surface area contributed by atoms with E-state index in [1.807, 2.05) is 6.08 Å². The number of hydrogen-bond donors (Lipinski definition) is 14. The first-order valence-corrected chi connectivity index (χ1v) is 30.8. The van der Waals surface area contributed by atoms with Gasteiger partial charge < -0.3 is 110 Å². The topological polar surface area (TPSA) is 366 Å². The van der Waals surface area contributed by atoms with E-state index in [2.05, 4.69) is 19.2 Å². The van der Waals surface area contributed by atoms with Gasteiger partial charge in [0.15, 0.2) is 25.2 Å². The van der Waals surface area contributed by atoms with Gasteiger partial charge in [0.2, 0.25) is 5.91 Å². The Bertz CT molecular complexity index is 1650. The molecule has 0 bridgehead atoms. The van der Waals surface area contributed by atoms with Gasteiger partial charge in [-0.1, -0.05) is 167 Å². The van der Waals surface area contributed by atoms with Gasteiger partial charge in [-0.2, -0.15) is 0 Å². The van der Waals surface area contributed by atoms with Crippen molar-refractivity contribution >= 4 is 5.91 Å². The average molecular weight is 1170 g/mol. The van der Waals surface area contributed by atoms with Crippen molar-refractivity contribution in [2.75, 3.05) is 26.4 Å². The van der Waals surface area contributed by atoms with Crippen LogP contribution >= 0.6 is 0 Å². The van der Waals surface area contributed by atoms with Crippen LogP contribution in [0.25, 0.3) is 0 Å². The second-order valence-corrected chi connectivity index (χ2v) is 22.8. The highest BCUT2D eigenvalue weighted by Crippen LogP contribution is 2.36. The van der Waals surface area contributed by atoms with E-state index in [0.29, 0.717) is 12.8 Å². The molecule has 0 aromatic carbocycles. The van der Waals surface area contributed by atoms with Gasteiger partial charge in [-0.3, -0.25) is 4.79 Å². The number of carbonyl (C=O) groups excluding carboxylic acids is 1. The summed E-state index contributed by atoms with van der Waals surface area (Å²) in [5.41, 5.74) is 0. The number of hydrogen-bond acceptors (Lipinski definition) is 22. The summed E-state index contributed by atoms with van der Waals surface area (Å²) in [7, 11) is 0. The smallest absolute Gasteiger partial charge is 0.220 e. The molecule has 22 atom stereocenters. The number of aliphatic hydroxyl groups is 13. The minimum Gasteiger partial charge on any atom is -0.394 e. The van der Waals surface area contributed by atoms with Crippen LogP contribution in [0, 0.1) is 0 Å². The summed E-state index contributed by atoms with van der Waals surface area (Å²) in [6.07, 6.45) is -4.57. The summed E-state index contributed by atoms with van der Waals surface area (Å²) < 4.78 is 47.2. The van der Waals surface area contributed by atoms with Gasteiger partial charge in [0.1, 0.15) is 91.6 Å². The van der Waals surface area contributed by atoms with E-state index in [4.69, 9.17) is 37.9 Å². The van der Waals surface area contributed by atoms with Gasteiger partial charge in [-0.15, -0.1) is 0 Å². The van der Waals surface area contributed by atoms with E-state index in [0.717, 1.165) is 44.9 Å². The summed E-state index contributed by atoms with van der Waals surface area (Å²) >= 11 is 0. The predicted molar refractivity (Wildman–Crippen MR) is 295 cm³/mol. The molecular formula is C58H107NO22. The summed E-state index contributed by atoms with van der Waals surface area (Å²) in [6, 6.07) is -1.03. The maximum absolute atomic E-state index is 13.4. The van der Waals surface area contributed by atoms with Gasteiger partial charge in [0.05, 0.1) is 44.7 Å². The van der Waals surface area contributed by atoms with Crippen molar-refractivity contribution in [3.8, 4) is 0 Å². The highest BCUT2D eigenvalue weighted by atomic mass is 16.8. The zero-order chi connectivity index (χ0) is 59.3. The Kier molecular flexibility index (Phi) is 35.4. The number of nitrogens with one attached hydrogen (secondary N) is 1. The normalized spacial score (nSPS) is 35.6. The maximum Gasteiger partial charge on any atom is 0.220 e. The van der Waals surface area contributed by atoms with Crippen molar-refractivity contribution in [3.05, 3.63) is 12.2 Å². The van der Waals surface area contributed by atoms with E-state index in [-0.39, 0.29) is 12.3 Å². The number of aliphatic hydroxyl groups excluding tert-OH is 13. The molecule has 0 aliphatic carbocycles. The molecule has 0 radical (unpaired) electrons. The fraction of sp³-hybridized carbons (Fsp3) is 0.948. The predicted octanol–water partition coefficient (Wildman–Crippen LogP) is 1.89. The second kappa shape index (κ2) is 39.9. The van der Waals surface area contributed by atoms with E-state index in [1.165, 1.54) is 110 Å². The van der Waals surface area contributed by atoms with Crippen LogP contribution in [-0.4, -0.2) is 234 Å². The molecular weight excluding hydrogens is 1060 g/mol. The van der Waals surface area contributed by atoms with Gasteiger partial charge >= 0.3 is 0 Å². The molecule has 8 unspecified atom stereocenters. The molecule has 4 rings (SSSR count). The summed E-state index contributed by atoms with van der Waals surface area (Å²) in [4.78, 5) is 13.4. The number of rotatable bonds is 41. The first kappa shape index (κ1) is 71.8. The van der Waals surface area contributed by atoms with Crippen LogP contribution in [0.5, 0.6) is 0 Å². The second-order valence-electron chi connectivity index (χ2n) is 22.8. The van der Waals surface area contributed by atoms with Crippen LogP contribution in [-0.2, 0) is 42.7 Å². The lowest BCUT2D eigenvalue weighted by Gasteiger charge is -2.50. The molecule has 4 aliphatic rings. The molecule has 0 aromatic heterocycles. The molecule has 14 N–H and O–H groups in total. The van der Waals surface area contributed by atoms with Crippen molar-refractivity contribution in [1.82, 2.24) is 5.32 Å².